The number of sulfonamides is 1. The Hall–Kier alpha value is -4.56. The Morgan fingerprint density at radius 3 is 2.28 bits per heavy atom. The molecule has 0 atom stereocenters. The number of piperazine rings is 1. The van der Waals surface area contributed by atoms with Crippen molar-refractivity contribution in [3.8, 4) is 0 Å². The minimum Gasteiger partial charge on any atom is -0.341 e. The molecule has 0 spiro atoms. The first-order valence-electron chi connectivity index (χ1n) is 14.6. The smallest absolute Gasteiger partial charge is 0.341 e. The van der Waals surface area contributed by atoms with Crippen molar-refractivity contribution >= 4 is 26.8 Å². The van der Waals surface area contributed by atoms with Gasteiger partial charge in [0.25, 0.3) is 0 Å². The van der Waals surface area contributed by atoms with Gasteiger partial charge in [-0.15, -0.1) is 5.10 Å². The third-order valence-corrected chi connectivity index (χ3v) is 10.0. The first-order valence-corrected chi connectivity index (χ1v) is 16.1. The highest BCUT2D eigenvalue weighted by atomic mass is 32.2. The van der Waals surface area contributed by atoms with Gasteiger partial charge in [-0.3, -0.25) is 4.79 Å². The fraction of sp³-hybridized carbons (Fsp3) is 0.281. The fourth-order valence-corrected chi connectivity index (χ4v) is 7.37. The Kier molecular flexibility index (Phi) is 8.66. The second kappa shape index (κ2) is 12.7. The van der Waals surface area contributed by atoms with Crippen LogP contribution in [0.4, 0.5) is 17.6 Å². The molecule has 0 bridgehead atoms. The van der Waals surface area contributed by atoms with Crippen molar-refractivity contribution in [3.05, 3.63) is 113 Å². The molecule has 0 unspecified atom stereocenters. The second-order valence-electron chi connectivity index (χ2n) is 11.1. The van der Waals surface area contributed by atoms with E-state index < -0.39 is 26.7 Å². The number of alkyl halides is 3. The number of aryl methyl sites for hydroxylation is 1. The molecule has 0 aliphatic carbocycles. The summed E-state index contributed by atoms with van der Waals surface area (Å²) in [5.74, 6) is -0.462. The highest BCUT2D eigenvalue weighted by Gasteiger charge is 2.39. The van der Waals surface area contributed by atoms with E-state index in [4.69, 9.17) is 0 Å². The average molecular weight is 655 g/mol. The van der Waals surface area contributed by atoms with Crippen LogP contribution in [0.15, 0.2) is 90.1 Å². The summed E-state index contributed by atoms with van der Waals surface area (Å²) in [6.07, 6.45) is -0.358. The fourth-order valence-electron chi connectivity index (χ4n) is 5.73. The van der Waals surface area contributed by atoms with Crippen molar-refractivity contribution in [1.82, 2.24) is 28.8 Å². The Bertz CT molecular complexity index is 1960. The lowest BCUT2D eigenvalue weighted by Gasteiger charge is -2.34. The third kappa shape index (κ3) is 6.67. The molecule has 1 saturated heterocycles. The summed E-state index contributed by atoms with van der Waals surface area (Å²) in [4.78, 5) is 13.9. The van der Waals surface area contributed by atoms with Crippen LogP contribution >= 0.6 is 0 Å². The molecule has 0 saturated carbocycles. The predicted octanol–water partition coefficient (Wildman–Crippen LogP) is 4.95. The number of para-hydroxylation sites is 1. The van der Waals surface area contributed by atoms with Gasteiger partial charge in [-0.2, -0.15) is 17.5 Å². The second-order valence-corrected chi connectivity index (χ2v) is 13.0. The van der Waals surface area contributed by atoms with Crippen LogP contribution in [0.2, 0.25) is 0 Å². The van der Waals surface area contributed by atoms with E-state index in [2.05, 4.69) is 10.3 Å². The zero-order valence-electron chi connectivity index (χ0n) is 24.6. The van der Waals surface area contributed by atoms with E-state index in [1.165, 1.54) is 18.2 Å². The molecule has 0 radical (unpaired) electrons. The zero-order chi connectivity index (χ0) is 32.5. The first-order chi connectivity index (χ1) is 22.0. The molecule has 9 nitrogen and oxygen atoms in total. The highest BCUT2D eigenvalue weighted by molar-refractivity contribution is 7.89. The van der Waals surface area contributed by atoms with Gasteiger partial charge in [-0.1, -0.05) is 47.7 Å². The van der Waals surface area contributed by atoms with Crippen molar-refractivity contribution in [2.45, 2.75) is 37.0 Å². The van der Waals surface area contributed by atoms with Crippen molar-refractivity contribution in [1.29, 1.82) is 0 Å². The summed E-state index contributed by atoms with van der Waals surface area (Å²) < 4.78 is 84.6. The molecule has 0 N–H and O–H groups in total. The monoisotopic (exact) mass is 654 g/mol. The topological polar surface area (TPSA) is 93.3 Å². The first kappa shape index (κ1) is 31.4. The summed E-state index contributed by atoms with van der Waals surface area (Å²) >= 11 is 0. The molecule has 2 aromatic heterocycles. The molecule has 1 amide bonds. The van der Waals surface area contributed by atoms with E-state index in [0.717, 1.165) is 50.2 Å². The van der Waals surface area contributed by atoms with E-state index in [1.54, 1.807) is 21.7 Å². The standard InChI is InChI=1S/C32H30F4N6O3S/c33-25-12-9-23(10-13-25)19-41-22-26(37-38-41)21-40-20-24(27-5-1-3-7-29(27)40)11-14-31(43)39-15-17-42(18-16-39)46(44,45)30-8-4-2-6-28(30)32(34,35)36/h1-10,12-13,20,22H,11,14-19,21H2. The Morgan fingerprint density at radius 2 is 1.54 bits per heavy atom. The molecule has 14 heteroatoms. The largest absolute Gasteiger partial charge is 0.417 e. The van der Waals surface area contributed by atoms with Crippen LogP contribution in [0.5, 0.6) is 0 Å². The van der Waals surface area contributed by atoms with E-state index in [9.17, 15) is 30.8 Å². The van der Waals surface area contributed by atoms with Gasteiger partial charge >= 0.3 is 6.18 Å². The number of amides is 1. The molecule has 3 heterocycles. The number of nitrogens with zero attached hydrogens (tertiary/aromatic N) is 6. The molecule has 3 aromatic carbocycles. The molecule has 6 rings (SSSR count). The minimum absolute atomic E-state index is 0.0849. The quantitative estimate of drug-likeness (QED) is 0.210. The van der Waals surface area contributed by atoms with Gasteiger partial charge in [-0.05, 0) is 47.9 Å². The van der Waals surface area contributed by atoms with Crippen molar-refractivity contribution < 1.29 is 30.8 Å². The lowest BCUT2D eigenvalue weighted by Crippen LogP contribution is -2.50. The van der Waals surface area contributed by atoms with Crippen LogP contribution in [0.3, 0.4) is 0 Å². The summed E-state index contributed by atoms with van der Waals surface area (Å²) in [5.41, 5.74) is 2.35. The summed E-state index contributed by atoms with van der Waals surface area (Å²) in [6.45, 7) is 0.881. The van der Waals surface area contributed by atoms with Gasteiger partial charge in [-0.25, -0.2) is 17.5 Å². The normalized spacial score (nSPS) is 14.7. The maximum Gasteiger partial charge on any atom is 0.417 e. The molecule has 5 aromatic rings. The number of aromatic nitrogens is 4. The minimum atomic E-state index is -4.81. The summed E-state index contributed by atoms with van der Waals surface area (Å²) in [7, 11) is -4.40. The molecule has 240 valence electrons. The van der Waals surface area contributed by atoms with E-state index in [0.29, 0.717) is 19.5 Å². The van der Waals surface area contributed by atoms with E-state index >= 15 is 0 Å². The number of halogens is 4. The average Bonchev–Trinajstić information content (AvgIpc) is 3.64. The Labute approximate surface area is 262 Å². The van der Waals surface area contributed by atoms with Crippen LogP contribution < -0.4 is 0 Å². The number of fused-ring (bicyclic) bond motifs is 1. The molecule has 1 aliphatic rings. The molecule has 1 aliphatic heterocycles. The zero-order valence-corrected chi connectivity index (χ0v) is 25.4. The van der Waals surface area contributed by atoms with Gasteiger partial charge in [0.2, 0.25) is 15.9 Å². The number of carbonyl (C=O) groups excluding carboxylic acids is 1. The van der Waals surface area contributed by atoms with Crippen LogP contribution in [-0.4, -0.2) is 69.3 Å². The van der Waals surface area contributed by atoms with Gasteiger partial charge in [0, 0.05) is 49.7 Å². The molecule has 46 heavy (non-hydrogen) atoms. The van der Waals surface area contributed by atoms with Gasteiger partial charge < -0.3 is 9.47 Å². The maximum atomic E-state index is 13.5. The van der Waals surface area contributed by atoms with E-state index in [-0.39, 0.29) is 44.3 Å². The maximum absolute atomic E-state index is 13.5. The highest BCUT2D eigenvalue weighted by Crippen LogP contribution is 2.35. The van der Waals surface area contributed by atoms with Crippen molar-refractivity contribution in [2.75, 3.05) is 26.2 Å². The number of rotatable bonds is 9. The van der Waals surface area contributed by atoms with Crippen LogP contribution in [0.1, 0.15) is 28.8 Å². The lowest BCUT2D eigenvalue weighted by molar-refractivity contribution is -0.139. The van der Waals surface area contributed by atoms with Crippen LogP contribution in [0.25, 0.3) is 10.9 Å². The van der Waals surface area contributed by atoms with Gasteiger partial charge in [0.05, 0.1) is 29.7 Å². The molecular weight excluding hydrogens is 624 g/mol. The molecular formula is C32H30F4N6O3S. The van der Waals surface area contributed by atoms with Gasteiger partial charge in [0.1, 0.15) is 11.5 Å². The third-order valence-electron chi connectivity index (χ3n) is 8.06. The summed E-state index contributed by atoms with van der Waals surface area (Å²) in [6, 6.07) is 18.2. The van der Waals surface area contributed by atoms with Gasteiger partial charge in [0.15, 0.2) is 0 Å². The van der Waals surface area contributed by atoms with Crippen LogP contribution in [0, 0.1) is 5.82 Å². The number of benzene rings is 3. The van der Waals surface area contributed by atoms with Crippen LogP contribution in [-0.2, 0) is 40.5 Å². The van der Waals surface area contributed by atoms with E-state index in [1.807, 2.05) is 41.2 Å². The Morgan fingerprint density at radius 1 is 0.848 bits per heavy atom. The Balaban J connectivity index is 1.08. The lowest BCUT2D eigenvalue weighted by atomic mass is 10.1. The molecule has 1 fully saturated rings. The number of hydrogen-bond donors (Lipinski definition) is 0. The SMILES string of the molecule is O=C(CCc1cn(Cc2cn(Cc3ccc(F)cc3)nn2)c2ccccc12)N1CCN(S(=O)(=O)c2ccccc2C(F)(F)F)CC1. The number of carbonyl (C=O) groups is 1. The number of hydrogen-bond acceptors (Lipinski definition) is 5. The van der Waals surface area contributed by atoms with Crippen molar-refractivity contribution in [3.63, 3.8) is 0 Å². The summed E-state index contributed by atoms with van der Waals surface area (Å²) in [5, 5.41) is 9.48. The van der Waals surface area contributed by atoms with Crippen molar-refractivity contribution in [2.24, 2.45) is 0 Å². The predicted molar refractivity (Wildman–Crippen MR) is 162 cm³/mol.